The van der Waals surface area contributed by atoms with E-state index in [-0.39, 0.29) is 0 Å². The first-order chi connectivity index (χ1) is 12.9. The van der Waals surface area contributed by atoms with E-state index in [1.807, 2.05) is 11.8 Å². The molecule has 0 bridgehead atoms. The Morgan fingerprint density at radius 1 is 0.385 bits per heavy atom. The van der Waals surface area contributed by atoms with Gasteiger partial charge in [-0.1, -0.05) is 0 Å². The molecule has 2 heteroatoms. The van der Waals surface area contributed by atoms with Crippen molar-refractivity contribution < 1.29 is 0 Å². The summed E-state index contributed by atoms with van der Waals surface area (Å²) in [4.78, 5) is 2.57. The minimum atomic E-state index is -1.51. The topological polar surface area (TPSA) is 0 Å². The molecule has 0 nitrogen and oxygen atoms in total. The predicted molar refractivity (Wildman–Crippen MR) is 115 cm³/mol. The number of rotatable bonds is 5. The zero-order valence-corrected chi connectivity index (χ0v) is 17.0. The summed E-state index contributed by atoms with van der Waals surface area (Å²) in [5.74, 6) is 0. The van der Waals surface area contributed by atoms with Crippen LogP contribution in [0.1, 0.15) is 0 Å². The summed E-state index contributed by atoms with van der Waals surface area (Å²) in [6.45, 7) is 0. The Bertz CT molecular complexity index is 896. The van der Waals surface area contributed by atoms with Crippen molar-refractivity contribution in [2.24, 2.45) is 0 Å². The van der Waals surface area contributed by atoms with Gasteiger partial charge < -0.3 is 0 Å². The molecular weight excluding hydrogens is 395 g/mol. The van der Waals surface area contributed by atoms with Crippen LogP contribution in [-0.2, 0) is 0 Å². The second-order valence-corrected chi connectivity index (χ2v) is 11.7. The first-order valence-electron chi connectivity index (χ1n) is 8.63. The first kappa shape index (κ1) is 17.2. The maximum atomic E-state index is 2.32. The van der Waals surface area contributed by atoms with E-state index in [0.29, 0.717) is 0 Å². The summed E-state index contributed by atoms with van der Waals surface area (Å²) in [6, 6.07) is 41.6. The van der Waals surface area contributed by atoms with Crippen molar-refractivity contribution in [2.45, 2.75) is 9.79 Å². The third-order valence-electron chi connectivity index (χ3n) is 4.10. The zero-order chi connectivity index (χ0) is 17.6. The van der Waals surface area contributed by atoms with Gasteiger partial charge >= 0.3 is 165 Å². The molecule has 0 fully saturated rings. The van der Waals surface area contributed by atoms with Gasteiger partial charge in [0.1, 0.15) is 0 Å². The van der Waals surface area contributed by atoms with Gasteiger partial charge in [0.05, 0.1) is 0 Å². The molecule has 0 heterocycles. The summed E-state index contributed by atoms with van der Waals surface area (Å²) in [7, 11) is 0. The Labute approximate surface area is 164 Å². The Morgan fingerprint density at radius 3 is 1.27 bits per heavy atom. The van der Waals surface area contributed by atoms with E-state index < -0.39 is 14.7 Å². The van der Waals surface area contributed by atoms with Crippen molar-refractivity contribution in [2.75, 3.05) is 0 Å². The third-order valence-corrected chi connectivity index (χ3v) is 10.2. The number of hydrogen-bond acceptors (Lipinski definition) is 1. The molecule has 0 radical (unpaired) electrons. The number of hydrogen-bond donors (Lipinski definition) is 0. The van der Waals surface area contributed by atoms with Crippen molar-refractivity contribution in [3.63, 3.8) is 0 Å². The van der Waals surface area contributed by atoms with Gasteiger partial charge in [0.2, 0.25) is 0 Å². The van der Waals surface area contributed by atoms with Crippen LogP contribution in [-0.4, -0.2) is 14.7 Å². The van der Waals surface area contributed by atoms with Gasteiger partial charge in [0, 0.05) is 0 Å². The Balaban J connectivity index is 1.66. The van der Waals surface area contributed by atoms with Crippen molar-refractivity contribution in [3.05, 3.63) is 115 Å². The third kappa shape index (κ3) is 4.12. The molecule has 0 saturated heterocycles. The standard InChI is InChI=1S/C24H19AsS/c1-4-10-20(11-5-1)25(21-12-6-2-7-13-21)22-16-18-24(19-17-22)26-23-14-8-3-9-15-23/h1-19H. The van der Waals surface area contributed by atoms with Gasteiger partial charge in [-0.05, 0) is 0 Å². The van der Waals surface area contributed by atoms with E-state index in [2.05, 4.69) is 115 Å². The van der Waals surface area contributed by atoms with Crippen LogP contribution >= 0.6 is 11.8 Å². The Kier molecular flexibility index (Phi) is 5.59. The molecule has 0 N–H and O–H groups in total. The van der Waals surface area contributed by atoms with Crippen LogP contribution in [0, 0.1) is 0 Å². The van der Waals surface area contributed by atoms with Crippen LogP contribution < -0.4 is 13.1 Å². The van der Waals surface area contributed by atoms with E-state index in [1.54, 1.807) is 0 Å². The molecule has 0 aliphatic heterocycles. The summed E-state index contributed by atoms with van der Waals surface area (Å²) in [6.07, 6.45) is 0. The molecule has 0 atom stereocenters. The van der Waals surface area contributed by atoms with Crippen LogP contribution in [0.15, 0.2) is 125 Å². The molecule has 0 aliphatic rings. The van der Waals surface area contributed by atoms with Crippen LogP contribution in [0.4, 0.5) is 0 Å². The van der Waals surface area contributed by atoms with Crippen LogP contribution in [0.3, 0.4) is 0 Å². The maximum absolute atomic E-state index is 2.32. The molecule has 4 rings (SSSR count). The summed E-state index contributed by atoms with van der Waals surface area (Å²) in [5, 5.41) is 0. The fraction of sp³-hybridized carbons (Fsp3) is 0. The van der Waals surface area contributed by atoms with Gasteiger partial charge in [0.15, 0.2) is 0 Å². The summed E-state index contributed by atoms with van der Waals surface area (Å²) < 4.78 is 4.40. The van der Waals surface area contributed by atoms with E-state index in [4.69, 9.17) is 0 Å². The normalized spacial score (nSPS) is 10.8. The van der Waals surface area contributed by atoms with E-state index in [0.717, 1.165) is 0 Å². The van der Waals surface area contributed by atoms with E-state index >= 15 is 0 Å². The number of benzene rings is 4. The van der Waals surface area contributed by atoms with E-state index in [9.17, 15) is 0 Å². The van der Waals surface area contributed by atoms with Gasteiger partial charge in [-0.2, -0.15) is 0 Å². The van der Waals surface area contributed by atoms with Crippen molar-refractivity contribution in [1.82, 2.24) is 0 Å². The monoisotopic (exact) mass is 414 g/mol. The molecule has 0 aliphatic carbocycles. The zero-order valence-electron chi connectivity index (χ0n) is 14.3. The van der Waals surface area contributed by atoms with Crippen LogP contribution in [0.25, 0.3) is 0 Å². The van der Waals surface area contributed by atoms with Crippen molar-refractivity contribution in [1.29, 1.82) is 0 Å². The van der Waals surface area contributed by atoms with Crippen molar-refractivity contribution in [3.8, 4) is 0 Å². The Hall–Kier alpha value is -2.21. The summed E-state index contributed by atoms with van der Waals surface area (Å²) in [5.41, 5.74) is 0. The molecule has 0 amide bonds. The van der Waals surface area contributed by atoms with Crippen LogP contribution in [0.2, 0.25) is 0 Å². The minimum absolute atomic E-state index is 1.28. The average Bonchev–Trinajstić information content (AvgIpc) is 2.72. The second kappa shape index (κ2) is 8.45. The molecular formula is C24H19AsS. The van der Waals surface area contributed by atoms with Crippen molar-refractivity contribution >= 4 is 39.5 Å². The molecule has 0 aromatic heterocycles. The quantitative estimate of drug-likeness (QED) is 0.438. The fourth-order valence-electron chi connectivity index (χ4n) is 2.89. The summed E-state index contributed by atoms with van der Waals surface area (Å²) >= 11 is 0.308. The Morgan fingerprint density at radius 2 is 0.769 bits per heavy atom. The molecule has 0 unspecified atom stereocenters. The predicted octanol–water partition coefficient (Wildman–Crippen LogP) is 4.35. The molecule has 26 heavy (non-hydrogen) atoms. The SMILES string of the molecule is c1ccc(Sc2ccc([As](c3ccccc3)c3ccccc3)cc2)cc1. The van der Waals surface area contributed by atoms with Gasteiger partial charge in [-0.25, -0.2) is 0 Å². The molecule has 126 valence electrons. The van der Waals surface area contributed by atoms with Crippen LogP contribution in [0.5, 0.6) is 0 Å². The van der Waals surface area contributed by atoms with Gasteiger partial charge in [-0.3, -0.25) is 0 Å². The second-order valence-electron chi connectivity index (χ2n) is 5.92. The first-order valence-corrected chi connectivity index (χ1v) is 12.3. The van der Waals surface area contributed by atoms with Gasteiger partial charge in [-0.15, -0.1) is 0 Å². The van der Waals surface area contributed by atoms with E-state index in [1.165, 1.54) is 22.8 Å². The average molecular weight is 414 g/mol. The fourth-order valence-corrected chi connectivity index (χ4v) is 8.51. The van der Waals surface area contributed by atoms with Gasteiger partial charge in [0.25, 0.3) is 0 Å². The molecule has 4 aromatic carbocycles. The molecule has 4 aromatic rings. The molecule has 0 spiro atoms. The molecule has 0 saturated carbocycles.